The molecule has 0 aromatic carbocycles. The van der Waals surface area contributed by atoms with Crippen LogP contribution in [0.25, 0.3) is 0 Å². The third kappa shape index (κ3) is 3.61. The van der Waals surface area contributed by atoms with Crippen molar-refractivity contribution in [2.75, 3.05) is 32.0 Å². The molecule has 0 spiro atoms. The zero-order valence-electron chi connectivity index (χ0n) is 12.4. The highest BCUT2D eigenvalue weighted by Gasteiger charge is 2.31. The number of nitrogen functional groups attached to an aromatic ring is 1. The molecular formula is C15H25N3O2. The Kier molecular flexibility index (Phi) is 5.61. The van der Waals surface area contributed by atoms with Crippen molar-refractivity contribution in [2.24, 2.45) is 0 Å². The first-order chi connectivity index (χ1) is 9.83. The molecule has 0 aliphatic carbocycles. The topological polar surface area (TPSA) is 60.6 Å². The van der Waals surface area contributed by atoms with E-state index in [1.165, 1.54) is 6.42 Å². The number of nitrogens with two attached hydrogens (primary N) is 1. The summed E-state index contributed by atoms with van der Waals surface area (Å²) in [5.74, 6) is 0.752. The number of pyridine rings is 1. The van der Waals surface area contributed by atoms with Crippen LogP contribution in [0.1, 0.15) is 26.7 Å². The van der Waals surface area contributed by atoms with Crippen molar-refractivity contribution < 1.29 is 9.47 Å². The number of aromatic nitrogens is 1. The summed E-state index contributed by atoms with van der Waals surface area (Å²) in [5, 5.41) is 0. The average Bonchev–Trinajstić information content (AvgIpc) is 2.42. The Balaban J connectivity index is 0.000000704. The molecule has 20 heavy (non-hydrogen) atoms. The summed E-state index contributed by atoms with van der Waals surface area (Å²) in [7, 11) is 0. The Hall–Kier alpha value is -1.33. The third-order valence-corrected chi connectivity index (χ3v) is 3.65. The predicted octanol–water partition coefficient (Wildman–Crippen LogP) is 1.93. The van der Waals surface area contributed by atoms with Gasteiger partial charge in [0.05, 0.1) is 31.1 Å². The number of rotatable bonds is 3. The fraction of sp³-hybridized carbons (Fsp3) is 0.667. The molecule has 0 saturated carbocycles. The van der Waals surface area contributed by atoms with Crippen LogP contribution >= 0.6 is 0 Å². The van der Waals surface area contributed by atoms with Gasteiger partial charge in [0.1, 0.15) is 11.9 Å². The first-order valence-electron chi connectivity index (χ1n) is 7.51. The summed E-state index contributed by atoms with van der Waals surface area (Å²) in [6, 6.07) is 2.42. The van der Waals surface area contributed by atoms with Crippen LogP contribution < -0.4 is 10.5 Å². The van der Waals surface area contributed by atoms with Gasteiger partial charge >= 0.3 is 0 Å². The molecule has 112 valence electrons. The lowest BCUT2D eigenvalue weighted by molar-refractivity contribution is -0.0824. The van der Waals surface area contributed by atoms with E-state index < -0.39 is 0 Å². The second kappa shape index (κ2) is 7.45. The molecule has 1 aromatic heterocycles. The van der Waals surface area contributed by atoms with E-state index in [4.69, 9.17) is 15.2 Å². The number of nitrogens with zero attached hydrogens (tertiary/aromatic N) is 2. The molecule has 5 nitrogen and oxygen atoms in total. The molecule has 2 saturated heterocycles. The van der Waals surface area contributed by atoms with E-state index >= 15 is 0 Å². The minimum atomic E-state index is 0.226. The molecule has 1 unspecified atom stereocenters. The van der Waals surface area contributed by atoms with E-state index in [0.717, 1.165) is 38.5 Å². The Morgan fingerprint density at radius 3 is 2.85 bits per heavy atom. The van der Waals surface area contributed by atoms with Gasteiger partial charge in [-0.05, 0) is 19.4 Å². The van der Waals surface area contributed by atoms with Crippen molar-refractivity contribution in [1.82, 2.24) is 9.88 Å². The van der Waals surface area contributed by atoms with Gasteiger partial charge < -0.3 is 15.2 Å². The Labute approximate surface area is 121 Å². The summed E-state index contributed by atoms with van der Waals surface area (Å²) in [6.45, 7) is 7.85. The Bertz CT molecular complexity index is 410. The molecule has 0 radical (unpaired) electrons. The standard InChI is InChI=1S/C13H19N3O2.C2H6/c14-12-6-15-4-3-13(12)18-11-2-1-5-16(7-11)10-8-17-9-10;1-2/h3-4,6,10-11H,1-2,5,7-9,14H2;1-2H3. The smallest absolute Gasteiger partial charge is 0.145 e. The van der Waals surface area contributed by atoms with Gasteiger partial charge in [-0.15, -0.1) is 0 Å². The van der Waals surface area contributed by atoms with Crippen LogP contribution in [0, 0.1) is 0 Å². The minimum Gasteiger partial charge on any atom is -0.487 e. The highest BCUT2D eigenvalue weighted by molar-refractivity contribution is 5.49. The van der Waals surface area contributed by atoms with Crippen LogP contribution in [-0.4, -0.2) is 48.3 Å². The maximum atomic E-state index is 5.99. The molecule has 3 rings (SSSR count). The van der Waals surface area contributed by atoms with Crippen molar-refractivity contribution in [1.29, 1.82) is 0 Å². The van der Waals surface area contributed by atoms with Crippen LogP contribution in [0.2, 0.25) is 0 Å². The number of piperidine rings is 1. The van der Waals surface area contributed by atoms with Crippen LogP contribution in [0.5, 0.6) is 5.75 Å². The molecule has 0 bridgehead atoms. The van der Waals surface area contributed by atoms with Crippen molar-refractivity contribution in [3.05, 3.63) is 18.5 Å². The summed E-state index contributed by atoms with van der Waals surface area (Å²) in [4.78, 5) is 6.44. The predicted molar refractivity (Wildman–Crippen MR) is 79.8 cm³/mol. The lowest BCUT2D eigenvalue weighted by Gasteiger charge is -2.41. The van der Waals surface area contributed by atoms with Gasteiger partial charge in [0.25, 0.3) is 0 Å². The summed E-state index contributed by atoms with van der Waals surface area (Å²) in [5.41, 5.74) is 6.46. The number of likely N-dealkylation sites (tertiary alicyclic amines) is 1. The van der Waals surface area contributed by atoms with E-state index in [9.17, 15) is 0 Å². The number of ether oxygens (including phenoxy) is 2. The normalized spacial score (nSPS) is 23.4. The Morgan fingerprint density at radius 2 is 2.20 bits per heavy atom. The molecule has 3 heterocycles. The summed E-state index contributed by atoms with van der Waals surface area (Å²) < 4.78 is 11.2. The monoisotopic (exact) mass is 279 g/mol. The van der Waals surface area contributed by atoms with Gasteiger partial charge in [-0.25, -0.2) is 0 Å². The molecule has 2 aliphatic heterocycles. The largest absolute Gasteiger partial charge is 0.487 e. The van der Waals surface area contributed by atoms with Gasteiger partial charge in [0, 0.05) is 18.8 Å². The maximum Gasteiger partial charge on any atom is 0.145 e. The molecule has 1 aromatic rings. The second-order valence-electron chi connectivity index (χ2n) is 4.98. The zero-order valence-corrected chi connectivity index (χ0v) is 12.4. The summed E-state index contributed by atoms with van der Waals surface area (Å²) in [6.07, 6.45) is 5.84. The Morgan fingerprint density at radius 1 is 1.40 bits per heavy atom. The van der Waals surface area contributed by atoms with Gasteiger partial charge in [0.15, 0.2) is 0 Å². The highest BCUT2D eigenvalue weighted by atomic mass is 16.5. The summed E-state index contributed by atoms with van der Waals surface area (Å²) >= 11 is 0. The molecule has 0 amide bonds. The molecule has 1 atom stereocenters. The van der Waals surface area contributed by atoms with Gasteiger partial charge in [-0.1, -0.05) is 13.8 Å². The molecular weight excluding hydrogens is 254 g/mol. The van der Waals surface area contributed by atoms with E-state index in [0.29, 0.717) is 11.7 Å². The first-order valence-corrected chi connectivity index (χ1v) is 7.51. The van der Waals surface area contributed by atoms with Crippen molar-refractivity contribution >= 4 is 5.69 Å². The lowest BCUT2D eigenvalue weighted by atomic mass is 10.0. The second-order valence-corrected chi connectivity index (χ2v) is 4.98. The van der Waals surface area contributed by atoms with Crippen molar-refractivity contribution in [3.8, 4) is 5.75 Å². The van der Waals surface area contributed by atoms with E-state index in [2.05, 4.69) is 9.88 Å². The van der Waals surface area contributed by atoms with Gasteiger partial charge in [0.2, 0.25) is 0 Å². The van der Waals surface area contributed by atoms with Crippen LogP contribution in [-0.2, 0) is 4.74 Å². The SMILES string of the molecule is CC.Nc1cnccc1OC1CCCN(C2COC2)C1. The van der Waals surface area contributed by atoms with Crippen molar-refractivity contribution in [2.45, 2.75) is 38.8 Å². The minimum absolute atomic E-state index is 0.226. The molecule has 2 aliphatic rings. The molecule has 2 N–H and O–H groups in total. The van der Waals surface area contributed by atoms with Gasteiger partial charge in [-0.3, -0.25) is 9.88 Å². The van der Waals surface area contributed by atoms with Crippen LogP contribution in [0.15, 0.2) is 18.5 Å². The quantitative estimate of drug-likeness (QED) is 0.916. The zero-order chi connectivity index (χ0) is 14.4. The average molecular weight is 279 g/mol. The number of anilines is 1. The maximum absolute atomic E-state index is 5.99. The molecule has 5 heteroatoms. The van der Waals surface area contributed by atoms with E-state index in [1.807, 2.05) is 19.9 Å². The van der Waals surface area contributed by atoms with E-state index in [1.54, 1.807) is 12.4 Å². The number of hydrogen-bond acceptors (Lipinski definition) is 5. The highest BCUT2D eigenvalue weighted by Crippen LogP contribution is 2.25. The van der Waals surface area contributed by atoms with Crippen molar-refractivity contribution in [3.63, 3.8) is 0 Å². The van der Waals surface area contributed by atoms with Crippen LogP contribution in [0.4, 0.5) is 5.69 Å². The molecule has 2 fully saturated rings. The number of hydrogen-bond donors (Lipinski definition) is 1. The van der Waals surface area contributed by atoms with E-state index in [-0.39, 0.29) is 6.10 Å². The first kappa shape index (κ1) is 15.1. The lowest BCUT2D eigenvalue weighted by Crippen LogP contribution is -2.54. The van der Waals surface area contributed by atoms with Crippen LogP contribution in [0.3, 0.4) is 0 Å². The fourth-order valence-corrected chi connectivity index (χ4v) is 2.51. The third-order valence-electron chi connectivity index (χ3n) is 3.65. The fourth-order valence-electron chi connectivity index (χ4n) is 2.51. The van der Waals surface area contributed by atoms with Gasteiger partial charge in [-0.2, -0.15) is 0 Å².